The Labute approximate surface area is 75.7 Å². The van der Waals surface area contributed by atoms with Gasteiger partial charge in [0, 0.05) is 17.7 Å². The minimum atomic E-state index is -0.572. The van der Waals surface area contributed by atoms with Gasteiger partial charge in [-0.05, 0) is 12.1 Å². The number of methoxy groups -OCH3 is 1. The van der Waals surface area contributed by atoms with Gasteiger partial charge < -0.3 is 10.5 Å². The van der Waals surface area contributed by atoms with Crippen LogP contribution in [-0.4, -0.2) is 18.1 Å². The molecule has 0 radical (unpaired) electrons. The second-order valence-corrected chi connectivity index (χ2v) is 2.21. The highest BCUT2D eigenvalue weighted by atomic mass is 16.5. The number of nitrogens with zero attached hydrogens (tertiary/aromatic N) is 1. The van der Waals surface area contributed by atoms with E-state index in [4.69, 9.17) is 5.73 Å². The molecule has 0 atom stereocenters. The SMILES string of the molecule is COC(=O)C#Cc1ccc(N)nc1. The summed E-state index contributed by atoms with van der Waals surface area (Å²) in [5, 5.41) is 0. The van der Waals surface area contributed by atoms with E-state index in [0.29, 0.717) is 11.4 Å². The number of carbonyl (C=O) groups excluding carboxylic acids is 1. The molecule has 2 N–H and O–H groups in total. The maximum atomic E-state index is 10.6. The van der Waals surface area contributed by atoms with E-state index in [1.54, 1.807) is 12.1 Å². The first-order chi connectivity index (χ1) is 6.22. The Kier molecular flexibility index (Phi) is 2.87. The van der Waals surface area contributed by atoms with Gasteiger partial charge in [0.2, 0.25) is 0 Å². The van der Waals surface area contributed by atoms with E-state index in [-0.39, 0.29) is 0 Å². The molecule has 0 bridgehead atoms. The molecule has 1 heterocycles. The molecular formula is C9H8N2O2. The average Bonchev–Trinajstić information content (AvgIpc) is 2.16. The Bertz CT molecular complexity index is 359. The minimum absolute atomic E-state index is 0.420. The maximum Gasteiger partial charge on any atom is 0.384 e. The molecule has 0 aliphatic rings. The normalized spacial score (nSPS) is 8.38. The van der Waals surface area contributed by atoms with E-state index >= 15 is 0 Å². The van der Waals surface area contributed by atoms with E-state index in [1.807, 2.05) is 0 Å². The third-order valence-electron chi connectivity index (χ3n) is 1.28. The summed E-state index contributed by atoms with van der Waals surface area (Å²) in [6.45, 7) is 0. The van der Waals surface area contributed by atoms with Crippen molar-refractivity contribution in [2.24, 2.45) is 0 Å². The van der Waals surface area contributed by atoms with Crippen LogP contribution in [0.2, 0.25) is 0 Å². The maximum absolute atomic E-state index is 10.6. The van der Waals surface area contributed by atoms with Crippen molar-refractivity contribution >= 4 is 11.8 Å². The van der Waals surface area contributed by atoms with Crippen molar-refractivity contribution in [2.75, 3.05) is 12.8 Å². The third kappa shape index (κ3) is 2.83. The number of nitrogen functional groups attached to an aromatic ring is 1. The lowest BCUT2D eigenvalue weighted by Crippen LogP contribution is -1.94. The standard InChI is InChI=1S/C9H8N2O2/c1-13-9(12)5-3-7-2-4-8(10)11-6-7/h2,4,6H,1H3,(H2,10,11). The van der Waals surface area contributed by atoms with Crippen molar-refractivity contribution in [3.63, 3.8) is 0 Å². The van der Waals surface area contributed by atoms with E-state index < -0.39 is 5.97 Å². The van der Waals surface area contributed by atoms with E-state index in [0.717, 1.165) is 0 Å². The molecule has 13 heavy (non-hydrogen) atoms. The van der Waals surface area contributed by atoms with Gasteiger partial charge in [-0.25, -0.2) is 9.78 Å². The van der Waals surface area contributed by atoms with Crippen LogP contribution < -0.4 is 5.73 Å². The fraction of sp³-hybridized carbons (Fsp3) is 0.111. The van der Waals surface area contributed by atoms with Crippen molar-refractivity contribution in [1.29, 1.82) is 0 Å². The van der Waals surface area contributed by atoms with Gasteiger partial charge in [0.05, 0.1) is 7.11 Å². The Morgan fingerprint density at radius 2 is 2.38 bits per heavy atom. The van der Waals surface area contributed by atoms with Crippen molar-refractivity contribution in [3.05, 3.63) is 23.9 Å². The summed E-state index contributed by atoms with van der Waals surface area (Å²) in [4.78, 5) is 14.4. The van der Waals surface area contributed by atoms with Crippen LogP contribution in [0.4, 0.5) is 5.82 Å². The smallest absolute Gasteiger partial charge is 0.384 e. The monoisotopic (exact) mass is 176 g/mol. The summed E-state index contributed by atoms with van der Waals surface area (Å²) < 4.78 is 4.34. The third-order valence-corrected chi connectivity index (χ3v) is 1.28. The molecule has 0 fully saturated rings. The first-order valence-electron chi connectivity index (χ1n) is 3.54. The molecule has 0 saturated carbocycles. The molecule has 0 unspecified atom stereocenters. The topological polar surface area (TPSA) is 65.2 Å². The highest BCUT2D eigenvalue weighted by Crippen LogP contribution is 1.98. The first-order valence-corrected chi connectivity index (χ1v) is 3.54. The molecule has 4 nitrogen and oxygen atoms in total. The molecular weight excluding hydrogens is 168 g/mol. The molecule has 4 heteroatoms. The van der Waals surface area contributed by atoms with Crippen LogP contribution in [0.25, 0.3) is 0 Å². The number of ether oxygens (including phenoxy) is 1. The zero-order valence-electron chi connectivity index (χ0n) is 7.07. The zero-order valence-corrected chi connectivity index (χ0v) is 7.07. The van der Waals surface area contributed by atoms with Crippen LogP contribution in [0.3, 0.4) is 0 Å². The van der Waals surface area contributed by atoms with Gasteiger partial charge in [-0.3, -0.25) is 0 Å². The van der Waals surface area contributed by atoms with Gasteiger partial charge in [-0.1, -0.05) is 5.92 Å². The predicted octanol–water partition coefficient (Wildman–Crippen LogP) is 0.188. The van der Waals surface area contributed by atoms with Gasteiger partial charge in [0.15, 0.2) is 0 Å². The average molecular weight is 176 g/mol. The van der Waals surface area contributed by atoms with Gasteiger partial charge in [0.1, 0.15) is 5.82 Å². The van der Waals surface area contributed by atoms with Crippen LogP contribution in [0.1, 0.15) is 5.56 Å². The number of anilines is 1. The van der Waals surface area contributed by atoms with Crippen LogP contribution in [0.15, 0.2) is 18.3 Å². The number of aromatic nitrogens is 1. The molecule has 0 spiro atoms. The van der Waals surface area contributed by atoms with Crippen molar-refractivity contribution < 1.29 is 9.53 Å². The molecule has 0 aromatic carbocycles. The molecule has 0 aliphatic heterocycles. The van der Waals surface area contributed by atoms with Crippen molar-refractivity contribution in [2.45, 2.75) is 0 Å². The number of rotatable bonds is 0. The molecule has 0 aliphatic carbocycles. The summed E-state index contributed by atoms with van der Waals surface area (Å²) in [6.07, 6.45) is 1.49. The van der Waals surface area contributed by atoms with Gasteiger partial charge in [-0.15, -0.1) is 0 Å². The quantitative estimate of drug-likeness (QED) is 0.452. The number of hydrogen-bond donors (Lipinski definition) is 1. The lowest BCUT2D eigenvalue weighted by atomic mass is 10.3. The van der Waals surface area contributed by atoms with Crippen LogP contribution in [0.5, 0.6) is 0 Å². The highest BCUT2D eigenvalue weighted by Gasteiger charge is 1.91. The second-order valence-electron chi connectivity index (χ2n) is 2.21. The second kappa shape index (κ2) is 4.12. The first kappa shape index (κ1) is 9.07. The minimum Gasteiger partial charge on any atom is -0.459 e. The van der Waals surface area contributed by atoms with E-state index in [2.05, 4.69) is 21.6 Å². The molecule has 0 amide bonds. The summed E-state index contributed by atoms with van der Waals surface area (Å²) in [5.74, 6) is 4.70. The summed E-state index contributed by atoms with van der Waals surface area (Å²) in [5.41, 5.74) is 5.98. The van der Waals surface area contributed by atoms with Crippen LogP contribution in [-0.2, 0) is 9.53 Å². The van der Waals surface area contributed by atoms with Crippen molar-refractivity contribution in [1.82, 2.24) is 4.98 Å². The number of carbonyl (C=O) groups is 1. The number of pyridine rings is 1. The summed E-state index contributed by atoms with van der Waals surface area (Å²) >= 11 is 0. The molecule has 1 rings (SSSR count). The Balaban J connectivity index is 2.78. The molecule has 1 aromatic heterocycles. The Hall–Kier alpha value is -2.02. The Morgan fingerprint density at radius 3 is 2.92 bits per heavy atom. The lowest BCUT2D eigenvalue weighted by molar-refractivity contribution is -0.133. The molecule has 66 valence electrons. The summed E-state index contributed by atoms with van der Waals surface area (Å²) in [6, 6.07) is 3.29. The van der Waals surface area contributed by atoms with Crippen LogP contribution in [0, 0.1) is 11.8 Å². The van der Waals surface area contributed by atoms with Gasteiger partial charge in [-0.2, -0.15) is 0 Å². The zero-order chi connectivity index (χ0) is 9.68. The summed E-state index contributed by atoms with van der Waals surface area (Å²) in [7, 11) is 1.28. The van der Waals surface area contributed by atoms with Crippen LogP contribution >= 0.6 is 0 Å². The largest absolute Gasteiger partial charge is 0.459 e. The van der Waals surface area contributed by atoms with E-state index in [9.17, 15) is 4.79 Å². The predicted molar refractivity (Wildman–Crippen MR) is 47.5 cm³/mol. The van der Waals surface area contributed by atoms with Crippen molar-refractivity contribution in [3.8, 4) is 11.8 Å². The fourth-order valence-electron chi connectivity index (χ4n) is 0.653. The Morgan fingerprint density at radius 1 is 1.62 bits per heavy atom. The van der Waals surface area contributed by atoms with E-state index in [1.165, 1.54) is 13.3 Å². The van der Waals surface area contributed by atoms with Gasteiger partial charge in [0.25, 0.3) is 0 Å². The number of esters is 1. The number of hydrogen-bond acceptors (Lipinski definition) is 4. The van der Waals surface area contributed by atoms with Gasteiger partial charge >= 0.3 is 5.97 Å². The highest BCUT2D eigenvalue weighted by molar-refractivity contribution is 5.88. The fourth-order valence-corrected chi connectivity index (χ4v) is 0.653. The lowest BCUT2D eigenvalue weighted by Gasteiger charge is -1.90. The molecule has 1 aromatic rings. The molecule has 0 saturated heterocycles. The number of nitrogens with two attached hydrogens (primary N) is 1.